The Hall–Kier alpha value is -3.93. The molecule has 2 aliphatic rings. The first-order valence-corrected chi connectivity index (χ1v) is 13.7. The van der Waals surface area contributed by atoms with Crippen LogP contribution >= 0.6 is 0 Å². The van der Waals surface area contributed by atoms with Crippen molar-refractivity contribution in [2.45, 2.75) is 43.2 Å². The summed E-state index contributed by atoms with van der Waals surface area (Å²) in [6, 6.07) is 40.9. The van der Waals surface area contributed by atoms with Crippen LogP contribution in [0.3, 0.4) is 0 Å². The lowest BCUT2D eigenvalue weighted by Gasteiger charge is -2.42. The topological polar surface area (TPSA) is 48.0 Å². The van der Waals surface area contributed by atoms with Crippen molar-refractivity contribution in [2.75, 3.05) is 13.2 Å². The molecule has 2 heterocycles. The van der Waals surface area contributed by atoms with Gasteiger partial charge >= 0.3 is 6.09 Å². The van der Waals surface area contributed by atoms with Gasteiger partial charge in [0.1, 0.15) is 12.2 Å². The van der Waals surface area contributed by atoms with Crippen LogP contribution in [0.25, 0.3) is 0 Å². The number of carbonyl (C=O) groups excluding carboxylic acids is 1. The second-order valence-electron chi connectivity index (χ2n) is 10.2. The monoisotopic (exact) mass is 519 g/mol. The molecule has 198 valence electrons. The van der Waals surface area contributed by atoms with Crippen molar-refractivity contribution in [3.05, 3.63) is 144 Å². The minimum atomic E-state index is -0.830. The van der Waals surface area contributed by atoms with E-state index in [1.54, 1.807) is 0 Å². The van der Waals surface area contributed by atoms with Crippen LogP contribution in [-0.4, -0.2) is 42.4 Å². The molecule has 0 N–H and O–H groups in total. The molecule has 4 aromatic carbocycles. The SMILES string of the molecule is O=C1OC[C@H]2[C@H](OCc3ccccc3)CC[C@H](COC(c3ccccc3)(c3ccccc3)c3ccccc3)N12. The van der Waals surface area contributed by atoms with Crippen LogP contribution in [-0.2, 0) is 26.4 Å². The van der Waals surface area contributed by atoms with Crippen molar-refractivity contribution in [1.29, 1.82) is 0 Å². The van der Waals surface area contributed by atoms with Crippen molar-refractivity contribution in [3.63, 3.8) is 0 Å². The quantitative estimate of drug-likeness (QED) is 0.235. The van der Waals surface area contributed by atoms with Crippen LogP contribution < -0.4 is 0 Å². The molecule has 0 aromatic heterocycles. The highest BCUT2D eigenvalue weighted by Gasteiger charge is 2.48. The summed E-state index contributed by atoms with van der Waals surface area (Å²) in [4.78, 5) is 14.8. The van der Waals surface area contributed by atoms with Gasteiger partial charge in [-0.3, -0.25) is 4.90 Å². The highest BCUT2D eigenvalue weighted by atomic mass is 16.6. The smallest absolute Gasteiger partial charge is 0.410 e. The number of carbonyl (C=O) groups is 1. The molecule has 0 unspecified atom stereocenters. The van der Waals surface area contributed by atoms with Gasteiger partial charge in [0.15, 0.2) is 0 Å². The van der Waals surface area contributed by atoms with Crippen molar-refractivity contribution >= 4 is 6.09 Å². The maximum absolute atomic E-state index is 13.0. The number of ether oxygens (including phenoxy) is 3. The Bertz CT molecular complexity index is 1250. The van der Waals surface area contributed by atoms with Gasteiger partial charge in [0.25, 0.3) is 0 Å². The Labute approximate surface area is 230 Å². The summed E-state index contributed by atoms with van der Waals surface area (Å²) < 4.78 is 18.9. The van der Waals surface area contributed by atoms with Gasteiger partial charge in [0.2, 0.25) is 0 Å². The van der Waals surface area contributed by atoms with Crippen LogP contribution in [0, 0.1) is 0 Å². The summed E-state index contributed by atoms with van der Waals surface area (Å²) in [5.41, 5.74) is 3.43. The molecule has 6 rings (SSSR count). The third-order valence-electron chi connectivity index (χ3n) is 7.89. The van der Waals surface area contributed by atoms with E-state index >= 15 is 0 Å². The molecule has 39 heavy (non-hydrogen) atoms. The summed E-state index contributed by atoms with van der Waals surface area (Å²) in [5, 5.41) is 0. The zero-order chi connectivity index (χ0) is 26.5. The lowest BCUT2D eigenvalue weighted by molar-refractivity contribution is -0.0731. The summed E-state index contributed by atoms with van der Waals surface area (Å²) in [5.74, 6) is 0. The molecule has 2 aliphatic heterocycles. The largest absolute Gasteiger partial charge is 0.447 e. The second-order valence-corrected chi connectivity index (χ2v) is 10.2. The number of amides is 1. The fraction of sp³-hybridized carbons (Fsp3) is 0.265. The number of cyclic esters (lactones) is 1. The number of rotatable bonds is 9. The first-order valence-electron chi connectivity index (χ1n) is 13.7. The maximum Gasteiger partial charge on any atom is 0.410 e. The lowest BCUT2D eigenvalue weighted by atomic mass is 9.80. The van der Waals surface area contributed by atoms with Gasteiger partial charge in [0, 0.05) is 0 Å². The van der Waals surface area contributed by atoms with Gasteiger partial charge in [-0.05, 0) is 35.1 Å². The standard InChI is InChI=1S/C34H33NO4/c36-33-35-30(21-22-32(31(35)25-38-33)37-23-26-13-5-1-6-14-26)24-39-34(27-15-7-2-8-16-27,28-17-9-3-10-18-28)29-19-11-4-12-20-29/h1-20,30-32H,21-25H2/t30-,31+,32-/m1/s1. The van der Waals surface area contributed by atoms with E-state index in [1.165, 1.54) is 0 Å². The number of fused-ring (bicyclic) bond motifs is 1. The highest BCUT2D eigenvalue weighted by Crippen LogP contribution is 2.41. The van der Waals surface area contributed by atoms with Crippen molar-refractivity contribution < 1.29 is 19.0 Å². The van der Waals surface area contributed by atoms with E-state index in [9.17, 15) is 4.79 Å². The maximum atomic E-state index is 13.0. The van der Waals surface area contributed by atoms with Gasteiger partial charge in [-0.2, -0.15) is 0 Å². The molecule has 2 fully saturated rings. The fourth-order valence-corrected chi connectivity index (χ4v) is 5.97. The molecule has 0 radical (unpaired) electrons. The normalized spacial score (nSPS) is 20.9. The van der Waals surface area contributed by atoms with E-state index in [2.05, 4.69) is 48.5 Å². The van der Waals surface area contributed by atoms with Gasteiger partial charge in [-0.15, -0.1) is 0 Å². The molecule has 3 atom stereocenters. The van der Waals surface area contributed by atoms with Crippen LogP contribution in [0.4, 0.5) is 4.79 Å². The predicted molar refractivity (Wildman–Crippen MR) is 150 cm³/mol. The van der Waals surface area contributed by atoms with E-state index in [1.807, 2.05) is 77.7 Å². The summed E-state index contributed by atoms with van der Waals surface area (Å²) in [6.07, 6.45) is 1.26. The van der Waals surface area contributed by atoms with Crippen LogP contribution in [0.2, 0.25) is 0 Å². The van der Waals surface area contributed by atoms with Crippen molar-refractivity contribution in [1.82, 2.24) is 4.90 Å². The van der Waals surface area contributed by atoms with Gasteiger partial charge in [-0.1, -0.05) is 121 Å². The van der Waals surface area contributed by atoms with Crippen LogP contribution in [0.1, 0.15) is 35.1 Å². The second kappa shape index (κ2) is 11.4. The number of nitrogens with zero attached hydrogens (tertiary/aromatic N) is 1. The molecular formula is C34H33NO4. The van der Waals surface area contributed by atoms with Gasteiger partial charge in [0.05, 0.1) is 31.4 Å². The van der Waals surface area contributed by atoms with E-state index in [0.717, 1.165) is 35.1 Å². The molecule has 4 aromatic rings. The molecule has 0 bridgehead atoms. The van der Waals surface area contributed by atoms with Crippen LogP contribution in [0.5, 0.6) is 0 Å². The Morgan fingerprint density at radius 2 is 1.23 bits per heavy atom. The summed E-state index contributed by atoms with van der Waals surface area (Å²) in [7, 11) is 0. The van der Waals surface area contributed by atoms with Crippen LogP contribution in [0.15, 0.2) is 121 Å². The molecule has 5 nitrogen and oxygen atoms in total. The molecule has 1 amide bonds. The third kappa shape index (κ3) is 5.08. The van der Waals surface area contributed by atoms with Gasteiger partial charge < -0.3 is 14.2 Å². The molecule has 0 spiro atoms. The third-order valence-corrected chi connectivity index (χ3v) is 7.89. The number of hydrogen-bond acceptors (Lipinski definition) is 4. The molecule has 0 aliphatic carbocycles. The number of hydrogen-bond donors (Lipinski definition) is 0. The zero-order valence-electron chi connectivity index (χ0n) is 21.9. The van der Waals surface area contributed by atoms with E-state index in [0.29, 0.717) is 19.8 Å². The number of benzene rings is 4. The summed E-state index contributed by atoms with van der Waals surface area (Å²) in [6.45, 7) is 1.23. The average Bonchev–Trinajstić information content (AvgIpc) is 3.41. The number of piperidine rings is 1. The zero-order valence-corrected chi connectivity index (χ0v) is 21.9. The van der Waals surface area contributed by atoms with Crippen molar-refractivity contribution in [3.8, 4) is 0 Å². The molecule has 0 saturated carbocycles. The van der Waals surface area contributed by atoms with Crippen molar-refractivity contribution in [2.24, 2.45) is 0 Å². The Morgan fingerprint density at radius 3 is 1.77 bits per heavy atom. The Morgan fingerprint density at radius 1 is 0.718 bits per heavy atom. The van der Waals surface area contributed by atoms with E-state index in [-0.39, 0.29) is 24.3 Å². The lowest BCUT2D eigenvalue weighted by Crippen LogP contribution is -2.55. The van der Waals surface area contributed by atoms with E-state index < -0.39 is 5.60 Å². The highest BCUT2D eigenvalue weighted by molar-refractivity contribution is 5.71. The molecular weight excluding hydrogens is 486 g/mol. The predicted octanol–water partition coefficient (Wildman–Crippen LogP) is 6.56. The molecule has 5 heteroatoms. The van der Waals surface area contributed by atoms with Gasteiger partial charge in [-0.25, -0.2) is 4.79 Å². The summed E-state index contributed by atoms with van der Waals surface area (Å²) >= 11 is 0. The minimum Gasteiger partial charge on any atom is -0.447 e. The minimum absolute atomic E-state index is 0.0740. The first-order chi connectivity index (χ1) is 19.3. The fourth-order valence-electron chi connectivity index (χ4n) is 5.97. The first kappa shape index (κ1) is 25.4. The van der Waals surface area contributed by atoms with E-state index in [4.69, 9.17) is 14.2 Å². The Kier molecular flexibility index (Phi) is 7.44. The average molecular weight is 520 g/mol. The Balaban J connectivity index is 1.28. The molecule has 2 saturated heterocycles.